The van der Waals surface area contributed by atoms with Gasteiger partial charge in [-0.15, -0.1) is 0 Å². The predicted molar refractivity (Wildman–Crippen MR) is 96.4 cm³/mol. The highest BCUT2D eigenvalue weighted by Gasteiger charge is 2.33. The Bertz CT molecular complexity index is 294. The highest BCUT2D eigenvalue weighted by Crippen LogP contribution is 2.38. The van der Waals surface area contributed by atoms with Crippen molar-refractivity contribution in [2.45, 2.75) is 85.9 Å². The van der Waals surface area contributed by atoms with Crippen LogP contribution in [-0.2, 0) is 4.74 Å². The Morgan fingerprint density at radius 2 is 1.68 bits per heavy atom. The highest BCUT2D eigenvalue weighted by atomic mass is 16.5. The third-order valence-corrected chi connectivity index (χ3v) is 5.24. The van der Waals surface area contributed by atoms with Crippen molar-refractivity contribution < 1.29 is 4.74 Å². The maximum Gasteiger partial charge on any atom is 0.0594 e. The van der Waals surface area contributed by atoms with Crippen LogP contribution in [0.1, 0.15) is 67.7 Å². The van der Waals surface area contributed by atoms with Crippen molar-refractivity contribution in [3.8, 4) is 0 Å². The van der Waals surface area contributed by atoms with E-state index in [2.05, 4.69) is 58.7 Å². The summed E-state index contributed by atoms with van der Waals surface area (Å²) in [4.78, 5) is 2.62. The van der Waals surface area contributed by atoms with E-state index < -0.39 is 0 Å². The lowest BCUT2D eigenvalue weighted by Gasteiger charge is -2.43. The summed E-state index contributed by atoms with van der Waals surface area (Å²) in [6, 6.07) is 1.26. The molecule has 1 N–H and O–H groups in total. The van der Waals surface area contributed by atoms with Gasteiger partial charge in [0.25, 0.3) is 0 Å². The Balaban J connectivity index is 2.30. The summed E-state index contributed by atoms with van der Waals surface area (Å²) in [7, 11) is 0. The van der Waals surface area contributed by atoms with Gasteiger partial charge in [0.1, 0.15) is 0 Å². The standard InChI is InChI=1S/C19H40N2O/c1-15(2)21-11-8-18(9-12-21)19(6,7)14-17(5)20-10-13-22-16(3)4/h15-18,20H,8-14H2,1-7H3. The largest absolute Gasteiger partial charge is 0.377 e. The Hall–Kier alpha value is -0.120. The molecule has 0 radical (unpaired) electrons. The monoisotopic (exact) mass is 312 g/mol. The summed E-state index contributed by atoms with van der Waals surface area (Å²) in [5.41, 5.74) is 0.425. The Morgan fingerprint density at radius 3 is 2.18 bits per heavy atom. The number of nitrogens with one attached hydrogen (secondary N) is 1. The third kappa shape index (κ3) is 6.97. The van der Waals surface area contributed by atoms with Gasteiger partial charge in [0.2, 0.25) is 0 Å². The molecule has 3 heteroatoms. The highest BCUT2D eigenvalue weighted by molar-refractivity contribution is 4.86. The molecule has 0 aliphatic carbocycles. The molecule has 0 saturated carbocycles. The average molecular weight is 313 g/mol. The second-order valence-electron chi connectivity index (χ2n) is 8.37. The Labute approximate surface area is 139 Å². The van der Waals surface area contributed by atoms with E-state index in [-0.39, 0.29) is 0 Å². The van der Waals surface area contributed by atoms with Gasteiger partial charge in [0.15, 0.2) is 0 Å². The van der Waals surface area contributed by atoms with E-state index in [1.807, 2.05) is 0 Å². The van der Waals surface area contributed by atoms with Gasteiger partial charge in [0, 0.05) is 18.6 Å². The molecule has 1 fully saturated rings. The molecular weight excluding hydrogens is 272 g/mol. The zero-order valence-corrected chi connectivity index (χ0v) is 16.1. The lowest BCUT2D eigenvalue weighted by atomic mass is 9.70. The van der Waals surface area contributed by atoms with Gasteiger partial charge >= 0.3 is 0 Å². The van der Waals surface area contributed by atoms with Crippen LogP contribution >= 0.6 is 0 Å². The van der Waals surface area contributed by atoms with E-state index in [4.69, 9.17) is 4.74 Å². The second kappa shape index (κ2) is 9.24. The van der Waals surface area contributed by atoms with Gasteiger partial charge < -0.3 is 15.0 Å². The predicted octanol–water partition coefficient (Wildman–Crippen LogP) is 3.93. The quantitative estimate of drug-likeness (QED) is 0.653. The van der Waals surface area contributed by atoms with Crippen molar-refractivity contribution in [2.24, 2.45) is 11.3 Å². The molecular formula is C19H40N2O. The van der Waals surface area contributed by atoms with Crippen molar-refractivity contribution >= 4 is 0 Å². The molecule has 1 atom stereocenters. The molecule has 1 aliphatic heterocycles. The van der Waals surface area contributed by atoms with Crippen molar-refractivity contribution in [1.82, 2.24) is 10.2 Å². The Kier molecular flexibility index (Phi) is 8.37. The van der Waals surface area contributed by atoms with Crippen LogP contribution in [0.25, 0.3) is 0 Å². The fourth-order valence-corrected chi connectivity index (χ4v) is 3.83. The van der Waals surface area contributed by atoms with Crippen LogP contribution < -0.4 is 5.32 Å². The van der Waals surface area contributed by atoms with E-state index in [1.165, 1.54) is 32.4 Å². The molecule has 1 unspecified atom stereocenters. The third-order valence-electron chi connectivity index (χ3n) is 5.24. The van der Waals surface area contributed by atoms with E-state index in [1.54, 1.807) is 0 Å². The first-order valence-corrected chi connectivity index (χ1v) is 9.31. The molecule has 3 nitrogen and oxygen atoms in total. The first-order valence-electron chi connectivity index (χ1n) is 9.31. The fraction of sp³-hybridized carbons (Fsp3) is 1.00. The number of likely N-dealkylation sites (tertiary alicyclic amines) is 1. The summed E-state index contributed by atoms with van der Waals surface area (Å²) >= 11 is 0. The number of hydrogen-bond acceptors (Lipinski definition) is 3. The number of rotatable bonds is 9. The first kappa shape index (κ1) is 19.9. The topological polar surface area (TPSA) is 24.5 Å². The van der Waals surface area contributed by atoms with E-state index >= 15 is 0 Å². The maximum atomic E-state index is 5.60. The Morgan fingerprint density at radius 1 is 1.09 bits per heavy atom. The van der Waals surface area contributed by atoms with Gasteiger partial charge in [-0.05, 0) is 78.3 Å². The summed E-state index contributed by atoms with van der Waals surface area (Å²) < 4.78 is 5.60. The summed E-state index contributed by atoms with van der Waals surface area (Å²) in [6.45, 7) is 20.4. The normalized spacial score (nSPS) is 20.0. The van der Waals surface area contributed by atoms with Crippen molar-refractivity contribution in [3.63, 3.8) is 0 Å². The van der Waals surface area contributed by atoms with Gasteiger partial charge in [-0.3, -0.25) is 0 Å². The lowest BCUT2D eigenvalue weighted by molar-refractivity contribution is 0.0654. The summed E-state index contributed by atoms with van der Waals surface area (Å²) in [5, 5.41) is 3.62. The minimum Gasteiger partial charge on any atom is -0.377 e. The molecule has 0 aromatic heterocycles. The molecule has 22 heavy (non-hydrogen) atoms. The van der Waals surface area contributed by atoms with Gasteiger partial charge in [-0.25, -0.2) is 0 Å². The maximum absolute atomic E-state index is 5.60. The van der Waals surface area contributed by atoms with Gasteiger partial charge in [-0.1, -0.05) is 13.8 Å². The number of hydrogen-bond donors (Lipinski definition) is 1. The smallest absolute Gasteiger partial charge is 0.0594 e. The average Bonchev–Trinajstić information content (AvgIpc) is 2.43. The molecule has 0 aromatic rings. The van der Waals surface area contributed by atoms with Crippen molar-refractivity contribution in [1.29, 1.82) is 0 Å². The van der Waals surface area contributed by atoms with Gasteiger partial charge in [-0.2, -0.15) is 0 Å². The van der Waals surface area contributed by atoms with E-state index in [0.29, 0.717) is 23.6 Å². The van der Waals surface area contributed by atoms with E-state index in [9.17, 15) is 0 Å². The summed E-state index contributed by atoms with van der Waals surface area (Å²) in [6.07, 6.45) is 4.30. The number of ether oxygens (including phenoxy) is 1. The minimum absolute atomic E-state index is 0.333. The van der Waals surface area contributed by atoms with Crippen LogP contribution in [0.3, 0.4) is 0 Å². The van der Waals surface area contributed by atoms with Crippen LogP contribution in [0.15, 0.2) is 0 Å². The molecule has 132 valence electrons. The molecule has 1 aliphatic rings. The van der Waals surface area contributed by atoms with Crippen LogP contribution in [0.2, 0.25) is 0 Å². The SMILES string of the molecule is CC(CC(C)(C)C1CCN(C(C)C)CC1)NCCOC(C)C. The first-order chi connectivity index (χ1) is 10.2. The van der Waals surface area contributed by atoms with Gasteiger partial charge in [0.05, 0.1) is 12.7 Å². The molecule has 0 bridgehead atoms. The molecule has 0 aromatic carbocycles. The molecule has 0 amide bonds. The molecule has 1 heterocycles. The fourth-order valence-electron chi connectivity index (χ4n) is 3.83. The van der Waals surface area contributed by atoms with Crippen LogP contribution in [0.4, 0.5) is 0 Å². The van der Waals surface area contributed by atoms with E-state index in [0.717, 1.165) is 19.1 Å². The minimum atomic E-state index is 0.333. The van der Waals surface area contributed by atoms with Crippen LogP contribution in [0.5, 0.6) is 0 Å². The zero-order valence-electron chi connectivity index (χ0n) is 16.1. The number of piperidine rings is 1. The molecule has 1 saturated heterocycles. The zero-order chi connectivity index (χ0) is 16.8. The van der Waals surface area contributed by atoms with Crippen molar-refractivity contribution in [3.05, 3.63) is 0 Å². The van der Waals surface area contributed by atoms with Crippen molar-refractivity contribution in [2.75, 3.05) is 26.2 Å². The summed E-state index contributed by atoms with van der Waals surface area (Å²) in [5.74, 6) is 0.860. The second-order valence-corrected chi connectivity index (χ2v) is 8.37. The van der Waals surface area contributed by atoms with Crippen LogP contribution in [-0.4, -0.2) is 49.3 Å². The lowest BCUT2D eigenvalue weighted by Crippen LogP contribution is -2.44. The molecule has 1 rings (SSSR count). The number of nitrogens with zero attached hydrogens (tertiary/aromatic N) is 1. The van der Waals surface area contributed by atoms with Crippen LogP contribution in [0, 0.1) is 11.3 Å². The molecule has 0 spiro atoms.